The predicted octanol–water partition coefficient (Wildman–Crippen LogP) is 18.0. The van der Waals surface area contributed by atoms with Crippen LogP contribution in [0.25, 0.3) is 81.8 Å². The number of imidazole rings is 1. The zero-order valence-corrected chi connectivity index (χ0v) is 48.8. The molecule has 6 heteroatoms. The minimum absolute atomic E-state index is 0. The summed E-state index contributed by atoms with van der Waals surface area (Å²) >= 11 is -0.0100. The van der Waals surface area contributed by atoms with Gasteiger partial charge in [-0.25, -0.2) is 0 Å². The van der Waals surface area contributed by atoms with E-state index >= 15 is 0 Å². The van der Waals surface area contributed by atoms with Crippen molar-refractivity contribution in [2.75, 3.05) is 0 Å². The molecule has 3 nitrogen and oxygen atoms in total. The number of para-hydroxylation sites is 2. The van der Waals surface area contributed by atoms with Crippen molar-refractivity contribution in [1.82, 2.24) is 14.5 Å². The second kappa shape index (κ2) is 21.3. The van der Waals surface area contributed by atoms with Crippen LogP contribution in [0.3, 0.4) is 0 Å². The van der Waals surface area contributed by atoms with E-state index in [1.54, 1.807) is 4.40 Å². The molecule has 1 radical (unpaired) electrons. The van der Waals surface area contributed by atoms with Gasteiger partial charge in [0, 0.05) is 30.5 Å². The maximum absolute atomic E-state index is 5.39. The summed E-state index contributed by atoms with van der Waals surface area (Å²) < 4.78 is 6.48. The van der Waals surface area contributed by atoms with Crippen LogP contribution in [0.1, 0.15) is 96.4 Å². The summed E-state index contributed by atoms with van der Waals surface area (Å²) in [7, 11) is 0. The fourth-order valence-corrected chi connectivity index (χ4v) is 14.3. The van der Waals surface area contributed by atoms with E-state index in [0.29, 0.717) is 17.8 Å². The number of fused-ring (bicyclic) bond motifs is 4. The maximum atomic E-state index is 5.39. The first-order valence-electron chi connectivity index (χ1n) is 25.1. The molecule has 0 unspecified atom stereocenters. The summed E-state index contributed by atoms with van der Waals surface area (Å²) in [6.45, 7) is 20.8. The van der Waals surface area contributed by atoms with Crippen LogP contribution in [0.5, 0.6) is 0 Å². The molecule has 0 amide bonds. The van der Waals surface area contributed by atoms with E-state index in [9.17, 15) is 0 Å². The van der Waals surface area contributed by atoms with Crippen molar-refractivity contribution in [2.24, 2.45) is 5.92 Å². The molecule has 0 N–H and O–H groups in total. The summed E-state index contributed by atoms with van der Waals surface area (Å²) in [5.74, 6) is 9.62. The largest absolute Gasteiger partial charge is 0.333 e. The summed E-state index contributed by atoms with van der Waals surface area (Å²) in [6.07, 6.45) is 3.27. The van der Waals surface area contributed by atoms with Crippen LogP contribution in [0, 0.1) is 18.1 Å². The third-order valence-corrected chi connectivity index (χ3v) is 19.0. The van der Waals surface area contributed by atoms with E-state index < -0.39 is 13.3 Å². The van der Waals surface area contributed by atoms with Gasteiger partial charge in [-0.2, -0.15) is 11.3 Å². The molecule has 0 saturated heterocycles. The van der Waals surface area contributed by atoms with Crippen molar-refractivity contribution in [3.63, 3.8) is 0 Å². The molecule has 3 heterocycles. The summed E-state index contributed by atoms with van der Waals surface area (Å²) in [6, 6.07) is 61.5. The fraction of sp³-hybridized carbons (Fsp3) is 0.262. The maximum Gasteiger partial charge on any atom is 0.0774 e. The Balaban J connectivity index is 0.000000271. The molecule has 363 valence electrons. The number of hydrogen-bond donors (Lipinski definition) is 0. The van der Waals surface area contributed by atoms with Crippen molar-refractivity contribution >= 4 is 60.2 Å². The second-order valence-corrected chi connectivity index (χ2v) is 33.6. The molecule has 0 spiro atoms. The smallest absolute Gasteiger partial charge is 0.0774 e. The molecule has 71 heavy (non-hydrogen) atoms. The van der Waals surface area contributed by atoms with Crippen LogP contribution in [0.4, 0.5) is 0 Å². The van der Waals surface area contributed by atoms with Gasteiger partial charge in [-0.15, -0.1) is 18.2 Å². The second-order valence-electron chi connectivity index (χ2n) is 22.0. The van der Waals surface area contributed by atoms with Crippen LogP contribution in [0.15, 0.2) is 158 Å². The zero-order chi connectivity index (χ0) is 49.5. The molecule has 0 bridgehead atoms. The molecule has 0 fully saturated rings. The van der Waals surface area contributed by atoms with Gasteiger partial charge in [0.1, 0.15) is 0 Å². The van der Waals surface area contributed by atoms with E-state index in [4.69, 9.17) is 9.97 Å². The third-order valence-electron chi connectivity index (χ3n) is 13.5. The van der Waals surface area contributed by atoms with E-state index in [0.717, 1.165) is 40.1 Å². The first-order valence-corrected chi connectivity index (χ1v) is 33.3. The van der Waals surface area contributed by atoms with Gasteiger partial charge in [0.15, 0.2) is 0 Å². The first-order chi connectivity index (χ1) is 33.5. The zero-order valence-electron chi connectivity index (χ0n) is 43.5. The van der Waals surface area contributed by atoms with Crippen molar-refractivity contribution < 1.29 is 20.1 Å². The van der Waals surface area contributed by atoms with Crippen molar-refractivity contribution in [1.29, 1.82) is 0 Å². The minimum atomic E-state index is -1.86. The number of aromatic nitrogens is 3. The van der Waals surface area contributed by atoms with Gasteiger partial charge in [0.25, 0.3) is 0 Å². The van der Waals surface area contributed by atoms with Gasteiger partial charge in [-0.3, -0.25) is 4.98 Å². The molecule has 0 atom stereocenters. The Hall–Kier alpha value is -5.43. The van der Waals surface area contributed by atoms with Crippen molar-refractivity contribution in [3.8, 4) is 50.6 Å². The van der Waals surface area contributed by atoms with Crippen LogP contribution >= 0.6 is 11.3 Å². The molecule has 0 aliphatic carbocycles. The quantitative estimate of drug-likeness (QED) is 0.101. The molecule has 3 aromatic heterocycles. The van der Waals surface area contributed by atoms with Crippen molar-refractivity contribution in [3.05, 3.63) is 192 Å². The van der Waals surface area contributed by atoms with Crippen LogP contribution in [-0.4, -0.2) is 27.8 Å². The summed E-state index contributed by atoms with van der Waals surface area (Å²) in [5.41, 5.74) is 17.1. The fourth-order valence-electron chi connectivity index (χ4n) is 9.73. The van der Waals surface area contributed by atoms with Gasteiger partial charge in [0.2, 0.25) is 0 Å². The average molecular weight is 1190 g/mol. The van der Waals surface area contributed by atoms with E-state index in [-0.39, 0.29) is 25.5 Å². The molecular formula is C65H67GeIrN3S-2. The topological polar surface area (TPSA) is 30.7 Å². The third kappa shape index (κ3) is 11.0. The molecule has 10 aromatic rings. The SMILES string of the molecule is CC(C)Cc1cc(-c2[c-]cccc2)nc[c]1[Ge]([CH3])([CH3])[CH3].CC(C)c1cc(C(C)(C)C)cc(C(C)C)c1-n1c(-c2[c-]ccc3c2sc2cc(-c4ccc(-c5ccccc5)cc4)ccc23)nc2ccccc21.[Ir]. The van der Waals surface area contributed by atoms with E-state index in [1.807, 2.05) is 29.5 Å². The van der Waals surface area contributed by atoms with Gasteiger partial charge < -0.3 is 4.57 Å². The molecule has 0 saturated carbocycles. The van der Waals surface area contributed by atoms with Crippen LogP contribution in [0.2, 0.25) is 17.3 Å². The predicted molar refractivity (Wildman–Crippen MR) is 306 cm³/mol. The number of benzene rings is 7. The van der Waals surface area contributed by atoms with Gasteiger partial charge in [-0.1, -0.05) is 150 Å². The first kappa shape index (κ1) is 51.9. The van der Waals surface area contributed by atoms with E-state index in [2.05, 4.69) is 236 Å². The molecule has 10 rings (SSSR count). The van der Waals surface area contributed by atoms with Gasteiger partial charge in [0.05, 0.1) is 16.9 Å². The van der Waals surface area contributed by atoms with Crippen molar-refractivity contribution in [2.45, 2.75) is 103 Å². The minimum Gasteiger partial charge on any atom is -0.333 e. The monoisotopic (exact) mass is 1190 g/mol. The van der Waals surface area contributed by atoms with Gasteiger partial charge in [-0.05, 0) is 84.5 Å². The molecule has 7 aromatic carbocycles. The number of pyridine rings is 1. The van der Waals surface area contributed by atoms with Crippen LogP contribution < -0.4 is 4.40 Å². The molecule has 0 aliphatic heterocycles. The Labute approximate surface area is 443 Å². The Bertz CT molecular complexity index is 3410. The Morgan fingerprint density at radius 2 is 1.25 bits per heavy atom. The Kier molecular flexibility index (Phi) is 15.6. The standard InChI is InChI=1S/C47H43N2S.C18H24GeN.Ir/c1-29(2)39-27-35(47(5,6)7)28-40(30(3)4)44(39)49-42-19-12-11-18-41(42)48-46(49)38-17-13-16-37-36-25-24-34(26-43(36)50-45(37)38)33-22-20-32(21-23-33)31-14-9-8-10-15-31;1-14(2)11-16-12-18(15-9-7-6-8-10-15)20-13-17(16)19(3,4)5;/h8-16,18-30H,1-7H3;6-9,12-14H,11H2,1-5H3;/q2*-1;. The summed E-state index contributed by atoms with van der Waals surface area (Å²) in [4.78, 5) is 10.1. The number of nitrogens with zero attached hydrogens (tertiary/aromatic N) is 3. The Morgan fingerprint density at radius 1 is 0.634 bits per heavy atom. The Morgan fingerprint density at radius 3 is 1.87 bits per heavy atom. The van der Waals surface area contributed by atoms with Crippen LogP contribution in [-0.2, 0) is 31.9 Å². The van der Waals surface area contributed by atoms with Gasteiger partial charge >= 0.3 is 126 Å². The van der Waals surface area contributed by atoms with E-state index in [1.165, 1.54) is 70.4 Å². The normalized spacial score (nSPS) is 12.0. The number of hydrogen-bond acceptors (Lipinski definition) is 3. The number of rotatable bonds is 10. The summed E-state index contributed by atoms with van der Waals surface area (Å²) in [5, 5.41) is 2.52. The molecule has 0 aliphatic rings. The molecular weight excluding hydrogens is 1120 g/mol. The average Bonchev–Trinajstić information content (AvgIpc) is 3.92. The number of thiophene rings is 1.